The number of rotatable bonds is 6. The van der Waals surface area contributed by atoms with E-state index in [9.17, 15) is 18.8 Å². The fraction of sp³-hybridized carbons (Fsp3) is 0.160. The SMILES string of the molecule is CN(Cc1ccc(F)cc1)C(=O)[C@@H](Cc1ccccc1)N1C(=O)c2ccccc2C1=O. The maximum Gasteiger partial charge on any atom is 0.262 e. The van der Waals surface area contributed by atoms with Crippen LogP contribution in [0.15, 0.2) is 78.9 Å². The quantitative estimate of drug-likeness (QED) is 0.576. The van der Waals surface area contributed by atoms with Gasteiger partial charge >= 0.3 is 0 Å². The van der Waals surface area contributed by atoms with E-state index in [2.05, 4.69) is 0 Å². The number of fused-ring (bicyclic) bond motifs is 1. The second kappa shape index (κ2) is 8.52. The number of hydrogen-bond donors (Lipinski definition) is 0. The Morgan fingerprint density at radius 2 is 1.39 bits per heavy atom. The second-order valence-electron chi connectivity index (χ2n) is 7.55. The zero-order valence-corrected chi connectivity index (χ0v) is 17.0. The molecule has 0 saturated heterocycles. The van der Waals surface area contributed by atoms with Crippen LogP contribution in [0.3, 0.4) is 0 Å². The monoisotopic (exact) mass is 416 g/mol. The number of carbonyl (C=O) groups is 3. The van der Waals surface area contributed by atoms with Crippen molar-refractivity contribution in [1.29, 1.82) is 0 Å². The Kier molecular flexibility index (Phi) is 5.62. The minimum Gasteiger partial charge on any atom is -0.340 e. The Hall–Kier alpha value is -3.80. The summed E-state index contributed by atoms with van der Waals surface area (Å²) >= 11 is 0. The molecule has 0 saturated carbocycles. The summed E-state index contributed by atoms with van der Waals surface area (Å²) in [6.45, 7) is 0.230. The second-order valence-corrected chi connectivity index (χ2v) is 7.55. The van der Waals surface area contributed by atoms with Gasteiger partial charge in [0.1, 0.15) is 11.9 Å². The largest absolute Gasteiger partial charge is 0.340 e. The van der Waals surface area contributed by atoms with E-state index < -0.39 is 17.9 Å². The van der Waals surface area contributed by atoms with Gasteiger partial charge in [-0.3, -0.25) is 19.3 Å². The number of benzene rings is 3. The summed E-state index contributed by atoms with van der Waals surface area (Å²) in [5.41, 5.74) is 2.20. The summed E-state index contributed by atoms with van der Waals surface area (Å²) in [7, 11) is 1.61. The molecule has 5 nitrogen and oxygen atoms in total. The third-order valence-electron chi connectivity index (χ3n) is 5.40. The van der Waals surface area contributed by atoms with Crippen LogP contribution in [0, 0.1) is 5.82 Å². The van der Waals surface area contributed by atoms with Crippen LogP contribution in [-0.4, -0.2) is 40.6 Å². The Morgan fingerprint density at radius 3 is 1.97 bits per heavy atom. The lowest BCUT2D eigenvalue weighted by atomic mass is 10.0. The summed E-state index contributed by atoms with van der Waals surface area (Å²) in [5.74, 6) is -1.65. The first kappa shape index (κ1) is 20.5. The zero-order chi connectivity index (χ0) is 22.0. The van der Waals surface area contributed by atoms with Gasteiger partial charge in [-0.15, -0.1) is 0 Å². The molecular formula is C25H21FN2O3. The molecule has 0 aromatic heterocycles. The molecule has 4 rings (SSSR count). The van der Waals surface area contributed by atoms with Gasteiger partial charge in [0, 0.05) is 20.0 Å². The van der Waals surface area contributed by atoms with Crippen LogP contribution in [0.4, 0.5) is 4.39 Å². The average molecular weight is 416 g/mol. The first-order chi connectivity index (χ1) is 15.0. The van der Waals surface area contributed by atoms with Crippen LogP contribution < -0.4 is 0 Å². The zero-order valence-electron chi connectivity index (χ0n) is 17.0. The normalized spacial score (nSPS) is 13.8. The van der Waals surface area contributed by atoms with Crippen LogP contribution in [-0.2, 0) is 17.8 Å². The Balaban J connectivity index is 1.64. The lowest BCUT2D eigenvalue weighted by Crippen LogP contribution is -2.51. The number of amides is 3. The third-order valence-corrected chi connectivity index (χ3v) is 5.40. The lowest BCUT2D eigenvalue weighted by molar-refractivity contribution is -0.134. The Morgan fingerprint density at radius 1 is 0.839 bits per heavy atom. The molecular weight excluding hydrogens is 395 g/mol. The van der Waals surface area contributed by atoms with E-state index in [1.165, 1.54) is 17.0 Å². The number of carbonyl (C=O) groups excluding carboxylic acids is 3. The van der Waals surface area contributed by atoms with Gasteiger partial charge in [0.15, 0.2) is 0 Å². The van der Waals surface area contributed by atoms with Crippen LogP contribution in [0.5, 0.6) is 0 Å². The van der Waals surface area contributed by atoms with Crippen molar-refractivity contribution in [1.82, 2.24) is 9.80 Å². The van der Waals surface area contributed by atoms with Crippen molar-refractivity contribution in [3.63, 3.8) is 0 Å². The third kappa shape index (κ3) is 4.10. The van der Waals surface area contributed by atoms with Crippen molar-refractivity contribution < 1.29 is 18.8 Å². The van der Waals surface area contributed by atoms with Gasteiger partial charge in [-0.05, 0) is 35.4 Å². The lowest BCUT2D eigenvalue weighted by Gasteiger charge is -2.29. The molecule has 1 aliphatic rings. The molecule has 3 aromatic rings. The highest BCUT2D eigenvalue weighted by Crippen LogP contribution is 2.27. The summed E-state index contributed by atoms with van der Waals surface area (Å²) in [4.78, 5) is 42.1. The minimum atomic E-state index is -0.986. The van der Waals surface area contributed by atoms with Crippen molar-refractivity contribution >= 4 is 17.7 Å². The molecule has 0 radical (unpaired) electrons. The van der Waals surface area contributed by atoms with Crippen molar-refractivity contribution in [3.8, 4) is 0 Å². The van der Waals surface area contributed by atoms with Crippen LogP contribution in [0.25, 0.3) is 0 Å². The van der Waals surface area contributed by atoms with Crippen molar-refractivity contribution in [3.05, 3.63) is 107 Å². The molecule has 1 heterocycles. The molecule has 0 bridgehead atoms. The molecule has 0 N–H and O–H groups in total. The summed E-state index contributed by atoms with van der Waals surface area (Å²) in [6.07, 6.45) is 0.207. The van der Waals surface area contributed by atoms with E-state index in [-0.39, 0.29) is 24.7 Å². The van der Waals surface area contributed by atoms with Crippen LogP contribution in [0.1, 0.15) is 31.8 Å². The molecule has 0 aliphatic carbocycles. The van der Waals surface area contributed by atoms with E-state index in [0.29, 0.717) is 11.1 Å². The molecule has 6 heteroatoms. The molecule has 3 aromatic carbocycles. The minimum absolute atomic E-state index is 0.207. The highest BCUT2D eigenvalue weighted by molar-refractivity contribution is 6.22. The molecule has 1 aliphatic heterocycles. The average Bonchev–Trinajstić information content (AvgIpc) is 3.04. The predicted molar refractivity (Wildman–Crippen MR) is 114 cm³/mol. The molecule has 156 valence electrons. The predicted octanol–water partition coefficient (Wildman–Crippen LogP) is 3.69. The van der Waals surface area contributed by atoms with E-state index in [4.69, 9.17) is 0 Å². The van der Waals surface area contributed by atoms with Crippen LogP contribution in [0.2, 0.25) is 0 Å². The molecule has 0 spiro atoms. The van der Waals surface area contributed by atoms with Gasteiger partial charge in [-0.25, -0.2) is 4.39 Å². The molecule has 0 unspecified atom stereocenters. The molecule has 1 atom stereocenters. The molecule has 0 fully saturated rings. The number of hydrogen-bond acceptors (Lipinski definition) is 3. The molecule has 3 amide bonds. The van der Waals surface area contributed by atoms with Crippen molar-refractivity contribution in [2.75, 3.05) is 7.05 Å². The Bertz CT molecular complexity index is 1090. The van der Waals surface area contributed by atoms with Gasteiger partial charge in [0.25, 0.3) is 11.8 Å². The number of halogens is 1. The molecule has 31 heavy (non-hydrogen) atoms. The smallest absolute Gasteiger partial charge is 0.262 e. The fourth-order valence-electron chi connectivity index (χ4n) is 3.81. The van der Waals surface area contributed by atoms with Crippen molar-refractivity contribution in [2.24, 2.45) is 0 Å². The highest BCUT2D eigenvalue weighted by atomic mass is 19.1. The first-order valence-electron chi connectivity index (χ1n) is 9.96. The summed E-state index contributed by atoms with van der Waals surface area (Å²) < 4.78 is 13.2. The van der Waals surface area contributed by atoms with E-state index >= 15 is 0 Å². The maximum absolute atomic E-state index is 13.5. The van der Waals surface area contributed by atoms with Gasteiger partial charge in [0.2, 0.25) is 5.91 Å². The van der Waals surface area contributed by atoms with Gasteiger partial charge < -0.3 is 4.90 Å². The summed E-state index contributed by atoms with van der Waals surface area (Å²) in [5, 5.41) is 0. The van der Waals surface area contributed by atoms with E-state index in [1.807, 2.05) is 30.3 Å². The first-order valence-corrected chi connectivity index (χ1v) is 9.96. The van der Waals surface area contributed by atoms with Gasteiger partial charge in [-0.2, -0.15) is 0 Å². The standard InChI is InChI=1S/C25H21FN2O3/c1-27(16-18-11-13-19(26)14-12-18)25(31)22(15-17-7-3-2-4-8-17)28-23(29)20-9-5-6-10-21(20)24(28)30/h2-14,22H,15-16H2,1H3/t22-/m1/s1. The van der Waals surface area contributed by atoms with E-state index in [0.717, 1.165) is 16.0 Å². The fourth-order valence-corrected chi connectivity index (χ4v) is 3.81. The van der Waals surface area contributed by atoms with Gasteiger partial charge in [-0.1, -0.05) is 54.6 Å². The summed E-state index contributed by atoms with van der Waals surface area (Å²) in [6, 6.07) is 20.8. The Labute approximate surface area is 179 Å². The van der Waals surface area contributed by atoms with Crippen LogP contribution >= 0.6 is 0 Å². The number of nitrogens with zero attached hydrogens (tertiary/aromatic N) is 2. The van der Waals surface area contributed by atoms with Crippen molar-refractivity contribution in [2.45, 2.75) is 19.0 Å². The number of imide groups is 1. The highest BCUT2D eigenvalue weighted by Gasteiger charge is 2.43. The maximum atomic E-state index is 13.5. The van der Waals surface area contributed by atoms with E-state index in [1.54, 1.807) is 43.4 Å². The number of likely N-dealkylation sites (N-methyl/N-ethyl adjacent to an activating group) is 1. The topological polar surface area (TPSA) is 57.7 Å². The van der Waals surface area contributed by atoms with Gasteiger partial charge in [0.05, 0.1) is 11.1 Å².